The molecule has 1 N–H and O–H groups in total. The van der Waals surface area contributed by atoms with Crippen LogP contribution in [0.25, 0.3) is 0 Å². The van der Waals surface area contributed by atoms with Crippen LogP contribution in [0.2, 0.25) is 0 Å². The van der Waals surface area contributed by atoms with E-state index in [0.717, 1.165) is 25.9 Å². The number of rotatable bonds is 7. The highest BCUT2D eigenvalue weighted by Gasteiger charge is 2.26. The fourth-order valence-electron chi connectivity index (χ4n) is 2.89. The van der Waals surface area contributed by atoms with Gasteiger partial charge in [0.1, 0.15) is 0 Å². The van der Waals surface area contributed by atoms with Gasteiger partial charge in [0.05, 0.1) is 5.75 Å². The number of piperidine rings is 1. The first kappa shape index (κ1) is 16.5. The van der Waals surface area contributed by atoms with E-state index in [1.807, 2.05) is 6.92 Å². The molecule has 0 radical (unpaired) electrons. The molecule has 6 heteroatoms. The summed E-state index contributed by atoms with van der Waals surface area (Å²) in [5.41, 5.74) is 1.29. The van der Waals surface area contributed by atoms with Crippen LogP contribution in [0.3, 0.4) is 0 Å². The van der Waals surface area contributed by atoms with Crippen LogP contribution < -0.4 is 5.32 Å². The zero-order valence-electron chi connectivity index (χ0n) is 13.1. The molecule has 0 spiro atoms. The molecule has 5 nitrogen and oxygen atoms in total. The summed E-state index contributed by atoms with van der Waals surface area (Å²) < 4.78 is 27.9. The van der Waals surface area contributed by atoms with Crippen LogP contribution in [0.4, 0.5) is 0 Å². The maximum absolute atomic E-state index is 12.0. The Balaban J connectivity index is 1.79. The Morgan fingerprint density at radius 1 is 1.29 bits per heavy atom. The molecular weight excluding hydrogens is 286 g/mol. The van der Waals surface area contributed by atoms with Crippen LogP contribution in [0.1, 0.15) is 38.8 Å². The van der Waals surface area contributed by atoms with E-state index in [1.165, 1.54) is 5.69 Å². The van der Waals surface area contributed by atoms with Gasteiger partial charge in [-0.3, -0.25) is 0 Å². The Labute approximate surface area is 128 Å². The summed E-state index contributed by atoms with van der Waals surface area (Å²) in [4.78, 5) is 0. The SMILES string of the molecule is CCCS(=O)(=O)N1CCC(NCc2cccn2CC)CC1. The minimum absolute atomic E-state index is 0.273. The molecular formula is C15H27N3O2S. The van der Waals surface area contributed by atoms with Crippen molar-refractivity contribution in [2.24, 2.45) is 0 Å². The van der Waals surface area contributed by atoms with E-state index >= 15 is 0 Å². The molecule has 0 aliphatic carbocycles. The highest BCUT2D eigenvalue weighted by Crippen LogP contribution is 2.15. The lowest BCUT2D eigenvalue weighted by atomic mass is 10.1. The van der Waals surface area contributed by atoms with Gasteiger partial charge in [-0.2, -0.15) is 0 Å². The van der Waals surface area contributed by atoms with Crippen LogP contribution >= 0.6 is 0 Å². The quantitative estimate of drug-likeness (QED) is 0.835. The number of aryl methyl sites for hydroxylation is 1. The molecule has 0 amide bonds. The van der Waals surface area contributed by atoms with Crippen LogP contribution in [-0.4, -0.2) is 42.2 Å². The van der Waals surface area contributed by atoms with Crippen molar-refractivity contribution in [3.05, 3.63) is 24.0 Å². The van der Waals surface area contributed by atoms with Gasteiger partial charge in [0, 0.05) is 44.1 Å². The van der Waals surface area contributed by atoms with E-state index in [-0.39, 0.29) is 5.75 Å². The average molecular weight is 313 g/mol. The van der Waals surface area contributed by atoms with Crippen molar-refractivity contribution in [1.29, 1.82) is 0 Å². The largest absolute Gasteiger partial charge is 0.351 e. The van der Waals surface area contributed by atoms with E-state index in [1.54, 1.807) is 4.31 Å². The van der Waals surface area contributed by atoms with Gasteiger partial charge in [-0.25, -0.2) is 12.7 Å². The minimum Gasteiger partial charge on any atom is -0.351 e. The van der Waals surface area contributed by atoms with E-state index in [9.17, 15) is 8.42 Å². The lowest BCUT2D eigenvalue weighted by Crippen LogP contribution is -2.45. The van der Waals surface area contributed by atoms with Crippen molar-refractivity contribution in [1.82, 2.24) is 14.2 Å². The summed E-state index contributed by atoms with van der Waals surface area (Å²) in [5, 5.41) is 3.56. The Morgan fingerprint density at radius 3 is 2.62 bits per heavy atom. The third-order valence-electron chi connectivity index (χ3n) is 4.15. The molecule has 2 rings (SSSR count). The van der Waals surface area contributed by atoms with Gasteiger partial charge in [-0.05, 0) is 38.3 Å². The number of hydrogen-bond acceptors (Lipinski definition) is 3. The molecule has 1 saturated heterocycles. The monoisotopic (exact) mass is 313 g/mol. The van der Waals surface area contributed by atoms with Gasteiger partial charge in [0.25, 0.3) is 0 Å². The van der Waals surface area contributed by atoms with Crippen molar-refractivity contribution < 1.29 is 8.42 Å². The topological polar surface area (TPSA) is 54.3 Å². The molecule has 1 aliphatic rings. The summed E-state index contributed by atoms with van der Waals surface area (Å²) in [7, 11) is -3.02. The molecule has 1 aliphatic heterocycles. The second-order valence-electron chi connectivity index (χ2n) is 5.66. The average Bonchev–Trinajstić information content (AvgIpc) is 2.93. The van der Waals surface area contributed by atoms with E-state index < -0.39 is 10.0 Å². The van der Waals surface area contributed by atoms with Crippen molar-refractivity contribution in [3.63, 3.8) is 0 Å². The first-order valence-corrected chi connectivity index (χ1v) is 9.53. The predicted molar refractivity (Wildman–Crippen MR) is 85.6 cm³/mol. The number of sulfonamides is 1. The highest BCUT2D eigenvalue weighted by atomic mass is 32.2. The van der Waals surface area contributed by atoms with E-state index in [4.69, 9.17) is 0 Å². The molecule has 0 bridgehead atoms. The molecule has 1 fully saturated rings. The van der Waals surface area contributed by atoms with Crippen LogP contribution in [0, 0.1) is 0 Å². The summed E-state index contributed by atoms with van der Waals surface area (Å²) in [6.45, 7) is 7.18. The van der Waals surface area contributed by atoms with Gasteiger partial charge in [-0.15, -0.1) is 0 Å². The van der Waals surface area contributed by atoms with Crippen LogP contribution in [0.15, 0.2) is 18.3 Å². The van der Waals surface area contributed by atoms with Crippen molar-refractivity contribution >= 4 is 10.0 Å². The second kappa shape index (κ2) is 7.42. The number of aromatic nitrogens is 1. The van der Waals surface area contributed by atoms with Crippen LogP contribution in [-0.2, 0) is 23.1 Å². The maximum Gasteiger partial charge on any atom is 0.214 e. The zero-order chi connectivity index (χ0) is 15.3. The highest BCUT2D eigenvalue weighted by molar-refractivity contribution is 7.89. The summed E-state index contributed by atoms with van der Waals surface area (Å²) >= 11 is 0. The first-order chi connectivity index (χ1) is 10.1. The maximum atomic E-state index is 12.0. The lowest BCUT2D eigenvalue weighted by Gasteiger charge is -2.31. The van der Waals surface area contributed by atoms with Crippen molar-refractivity contribution in [2.75, 3.05) is 18.8 Å². The standard InChI is InChI=1S/C15H27N3O2S/c1-3-12-21(19,20)18-10-7-14(8-11-18)16-13-15-6-5-9-17(15)4-2/h5-6,9,14,16H,3-4,7-8,10-13H2,1-2H3. The summed E-state index contributed by atoms with van der Waals surface area (Å²) in [5.74, 6) is 0.273. The molecule has 2 heterocycles. The minimum atomic E-state index is -3.02. The van der Waals surface area contributed by atoms with Gasteiger partial charge in [0.15, 0.2) is 0 Å². The molecule has 21 heavy (non-hydrogen) atoms. The molecule has 0 aromatic carbocycles. The normalized spacial score (nSPS) is 18.2. The molecule has 0 unspecified atom stereocenters. The van der Waals surface area contributed by atoms with Crippen molar-refractivity contribution in [2.45, 2.75) is 52.2 Å². The molecule has 0 saturated carbocycles. The van der Waals surface area contributed by atoms with Gasteiger partial charge >= 0.3 is 0 Å². The van der Waals surface area contributed by atoms with E-state index in [2.05, 4.69) is 35.1 Å². The lowest BCUT2D eigenvalue weighted by molar-refractivity contribution is 0.287. The van der Waals surface area contributed by atoms with E-state index in [0.29, 0.717) is 25.6 Å². The predicted octanol–water partition coefficient (Wildman–Crippen LogP) is 1.80. The fourth-order valence-corrected chi connectivity index (χ4v) is 4.43. The Morgan fingerprint density at radius 2 is 2.00 bits per heavy atom. The fraction of sp³-hybridized carbons (Fsp3) is 0.733. The second-order valence-corrected chi connectivity index (χ2v) is 7.74. The zero-order valence-corrected chi connectivity index (χ0v) is 13.9. The number of hydrogen-bond donors (Lipinski definition) is 1. The Hall–Kier alpha value is -0.850. The third kappa shape index (κ3) is 4.31. The smallest absolute Gasteiger partial charge is 0.214 e. The van der Waals surface area contributed by atoms with Gasteiger partial charge in [0.2, 0.25) is 10.0 Å². The Bertz CT molecular complexity index is 531. The third-order valence-corrected chi connectivity index (χ3v) is 6.22. The van der Waals surface area contributed by atoms with Gasteiger partial charge < -0.3 is 9.88 Å². The first-order valence-electron chi connectivity index (χ1n) is 7.92. The molecule has 1 aromatic rings. The van der Waals surface area contributed by atoms with Gasteiger partial charge in [-0.1, -0.05) is 6.92 Å². The molecule has 0 atom stereocenters. The van der Waals surface area contributed by atoms with Crippen LogP contribution in [0.5, 0.6) is 0 Å². The number of nitrogens with zero attached hydrogens (tertiary/aromatic N) is 2. The molecule has 120 valence electrons. The molecule has 1 aromatic heterocycles. The van der Waals surface area contributed by atoms with Crippen molar-refractivity contribution in [3.8, 4) is 0 Å². The Kier molecular flexibility index (Phi) is 5.84. The summed E-state index contributed by atoms with van der Waals surface area (Å²) in [6.07, 6.45) is 4.58. The summed E-state index contributed by atoms with van der Waals surface area (Å²) in [6, 6.07) is 4.62. The number of nitrogens with one attached hydrogen (secondary N) is 1.